The minimum Gasteiger partial charge on any atom is -0.481 e. The third-order valence-electron chi connectivity index (χ3n) is 3.08. The molecule has 1 fully saturated rings. The topological polar surface area (TPSA) is 75.6 Å². The highest BCUT2D eigenvalue weighted by Crippen LogP contribution is 2.24. The van der Waals surface area contributed by atoms with Crippen molar-refractivity contribution in [3.8, 4) is 0 Å². The second-order valence-corrected chi connectivity index (χ2v) is 5.69. The second-order valence-electron chi connectivity index (χ2n) is 5.69. The summed E-state index contributed by atoms with van der Waals surface area (Å²) < 4.78 is 5.46. The van der Waals surface area contributed by atoms with Crippen LogP contribution in [0.2, 0.25) is 0 Å². The first kappa shape index (κ1) is 15.0. The molecule has 5 heteroatoms. The maximum Gasteiger partial charge on any atom is 0.303 e. The SMILES string of the molecule is CC(C)(CC(=O)O)CC(=O)NCCC1CCCO1. The normalized spacial score (nSPS) is 19.8. The number of carboxylic acids is 1. The van der Waals surface area contributed by atoms with Crippen molar-refractivity contribution < 1.29 is 19.4 Å². The van der Waals surface area contributed by atoms with Gasteiger partial charge in [0.15, 0.2) is 0 Å². The molecular weight excluding hydrogens is 234 g/mol. The average molecular weight is 257 g/mol. The molecule has 1 unspecified atom stereocenters. The van der Waals surface area contributed by atoms with Crippen LogP contribution >= 0.6 is 0 Å². The van der Waals surface area contributed by atoms with E-state index in [0.29, 0.717) is 6.54 Å². The maximum absolute atomic E-state index is 11.7. The molecule has 0 aromatic rings. The van der Waals surface area contributed by atoms with Gasteiger partial charge < -0.3 is 15.2 Å². The Balaban J connectivity index is 2.17. The van der Waals surface area contributed by atoms with Crippen molar-refractivity contribution in [2.24, 2.45) is 5.41 Å². The van der Waals surface area contributed by atoms with Crippen molar-refractivity contribution in [3.05, 3.63) is 0 Å². The van der Waals surface area contributed by atoms with Gasteiger partial charge in [-0.05, 0) is 24.7 Å². The molecule has 0 aromatic heterocycles. The monoisotopic (exact) mass is 257 g/mol. The number of amides is 1. The third kappa shape index (κ3) is 6.00. The van der Waals surface area contributed by atoms with Crippen molar-refractivity contribution >= 4 is 11.9 Å². The highest BCUT2D eigenvalue weighted by atomic mass is 16.5. The van der Waals surface area contributed by atoms with Crippen LogP contribution in [0.1, 0.15) is 46.0 Å². The van der Waals surface area contributed by atoms with Gasteiger partial charge in [-0.15, -0.1) is 0 Å². The standard InChI is InChI=1S/C13H23NO4/c1-13(2,9-12(16)17)8-11(15)14-6-5-10-4-3-7-18-10/h10H,3-9H2,1-2H3,(H,14,15)(H,16,17). The van der Waals surface area contributed by atoms with Gasteiger partial charge in [-0.25, -0.2) is 0 Å². The van der Waals surface area contributed by atoms with Gasteiger partial charge in [0.05, 0.1) is 12.5 Å². The van der Waals surface area contributed by atoms with Crippen LogP contribution in [0.5, 0.6) is 0 Å². The van der Waals surface area contributed by atoms with Crippen LogP contribution in [-0.4, -0.2) is 36.2 Å². The van der Waals surface area contributed by atoms with Gasteiger partial charge in [0.2, 0.25) is 5.91 Å². The lowest BCUT2D eigenvalue weighted by atomic mass is 9.85. The summed E-state index contributed by atoms with van der Waals surface area (Å²) in [5, 5.41) is 11.6. The molecule has 1 heterocycles. The van der Waals surface area contributed by atoms with Gasteiger partial charge in [-0.1, -0.05) is 13.8 Å². The molecule has 0 spiro atoms. The number of carbonyl (C=O) groups excluding carboxylic acids is 1. The highest BCUT2D eigenvalue weighted by molar-refractivity contribution is 5.77. The van der Waals surface area contributed by atoms with Gasteiger partial charge in [-0.3, -0.25) is 9.59 Å². The molecular formula is C13H23NO4. The number of nitrogens with one attached hydrogen (secondary N) is 1. The van der Waals surface area contributed by atoms with Gasteiger partial charge in [-0.2, -0.15) is 0 Å². The first-order valence-corrected chi connectivity index (χ1v) is 6.49. The van der Waals surface area contributed by atoms with Gasteiger partial charge in [0.1, 0.15) is 0 Å². The average Bonchev–Trinajstić information content (AvgIpc) is 2.66. The maximum atomic E-state index is 11.7. The van der Waals surface area contributed by atoms with Crippen molar-refractivity contribution in [1.29, 1.82) is 0 Å². The quantitative estimate of drug-likeness (QED) is 0.725. The first-order chi connectivity index (χ1) is 8.39. The molecule has 1 aliphatic heterocycles. The summed E-state index contributed by atoms with van der Waals surface area (Å²) in [6.45, 7) is 5.01. The predicted octanol–water partition coefficient (Wildman–Crippen LogP) is 1.56. The van der Waals surface area contributed by atoms with Crippen molar-refractivity contribution in [3.63, 3.8) is 0 Å². The number of aliphatic carboxylic acids is 1. The minimum absolute atomic E-state index is 0.00611. The van der Waals surface area contributed by atoms with Gasteiger partial charge >= 0.3 is 5.97 Å². The molecule has 1 rings (SSSR count). The van der Waals surface area contributed by atoms with E-state index < -0.39 is 11.4 Å². The number of ether oxygens (including phenoxy) is 1. The van der Waals surface area contributed by atoms with Crippen LogP contribution < -0.4 is 5.32 Å². The van der Waals surface area contributed by atoms with Crippen LogP contribution in [0, 0.1) is 5.41 Å². The summed E-state index contributed by atoms with van der Waals surface area (Å²) in [6.07, 6.45) is 3.53. The summed E-state index contributed by atoms with van der Waals surface area (Å²) in [4.78, 5) is 22.3. The Morgan fingerprint density at radius 2 is 2.11 bits per heavy atom. The number of rotatable bonds is 7. The Kier molecular flexibility index (Phi) is 5.59. The van der Waals surface area contributed by atoms with E-state index >= 15 is 0 Å². The molecule has 1 atom stereocenters. The Morgan fingerprint density at radius 1 is 1.39 bits per heavy atom. The first-order valence-electron chi connectivity index (χ1n) is 6.49. The lowest BCUT2D eigenvalue weighted by Crippen LogP contribution is -2.31. The molecule has 18 heavy (non-hydrogen) atoms. The largest absolute Gasteiger partial charge is 0.481 e. The molecule has 0 saturated carbocycles. The van der Waals surface area contributed by atoms with Crippen molar-refractivity contribution in [1.82, 2.24) is 5.32 Å². The summed E-state index contributed by atoms with van der Waals surface area (Å²) >= 11 is 0. The zero-order valence-electron chi connectivity index (χ0n) is 11.2. The Bertz CT molecular complexity index is 295. The fraction of sp³-hybridized carbons (Fsp3) is 0.846. The molecule has 104 valence electrons. The fourth-order valence-electron chi connectivity index (χ4n) is 2.21. The Hall–Kier alpha value is -1.10. The van der Waals surface area contributed by atoms with E-state index in [2.05, 4.69) is 5.32 Å². The van der Waals surface area contributed by atoms with Gasteiger partial charge in [0.25, 0.3) is 0 Å². The molecule has 2 N–H and O–H groups in total. The predicted molar refractivity (Wildman–Crippen MR) is 67.3 cm³/mol. The lowest BCUT2D eigenvalue weighted by Gasteiger charge is -2.21. The molecule has 5 nitrogen and oxygen atoms in total. The van der Waals surface area contributed by atoms with Crippen LogP contribution in [0.15, 0.2) is 0 Å². The molecule has 0 aliphatic carbocycles. The summed E-state index contributed by atoms with van der Waals surface area (Å²) in [5.41, 5.74) is -0.500. The number of hydrogen-bond donors (Lipinski definition) is 2. The van der Waals surface area contributed by atoms with Crippen LogP contribution in [0.3, 0.4) is 0 Å². The zero-order chi connectivity index (χ0) is 13.6. The van der Waals surface area contributed by atoms with E-state index in [0.717, 1.165) is 25.9 Å². The summed E-state index contributed by atoms with van der Waals surface area (Å²) in [7, 11) is 0. The summed E-state index contributed by atoms with van der Waals surface area (Å²) in [5.74, 6) is -0.952. The molecule has 1 aliphatic rings. The molecule has 1 amide bonds. The van der Waals surface area contributed by atoms with Crippen LogP contribution in [-0.2, 0) is 14.3 Å². The van der Waals surface area contributed by atoms with Crippen LogP contribution in [0.25, 0.3) is 0 Å². The zero-order valence-corrected chi connectivity index (χ0v) is 11.2. The molecule has 1 saturated heterocycles. The third-order valence-corrected chi connectivity index (χ3v) is 3.08. The molecule has 0 bridgehead atoms. The van der Waals surface area contributed by atoms with E-state index in [1.165, 1.54) is 0 Å². The van der Waals surface area contributed by atoms with Crippen molar-refractivity contribution in [2.45, 2.75) is 52.1 Å². The number of carboxylic acid groups (broad SMARTS) is 1. The van der Waals surface area contributed by atoms with Crippen LogP contribution in [0.4, 0.5) is 0 Å². The number of carbonyl (C=O) groups is 2. The lowest BCUT2D eigenvalue weighted by molar-refractivity contribution is -0.139. The highest BCUT2D eigenvalue weighted by Gasteiger charge is 2.25. The van der Waals surface area contributed by atoms with E-state index in [4.69, 9.17) is 9.84 Å². The van der Waals surface area contributed by atoms with E-state index in [-0.39, 0.29) is 24.9 Å². The molecule has 0 radical (unpaired) electrons. The van der Waals surface area contributed by atoms with E-state index in [1.54, 1.807) is 13.8 Å². The minimum atomic E-state index is -0.868. The van der Waals surface area contributed by atoms with Gasteiger partial charge in [0, 0.05) is 19.6 Å². The van der Waals surface area contributed by atoms with E-state index in [1.807, 2.05) is 0 Å². The smallest absolute Gasteiger partial charge is 0.303 e. The Labute approximate surface area is 108 Å². The second kappa shape index (κ2) is 6.73. The fourth-order valence-corrected chi connectivity index (χ4v) is 2.21. The Morgan fingerprint density at radius 3 is 2.67 bits per heavy atom. The number of hydrogen-bond acceptors (Lipinski definition) is 3. The van der Waals surface area contributed by atoms with Crippen molar-refractivity contribution in [2.75, 3.05) is 13.2 Å². The molecule has 0 aromatic carbocycles. The van der Waals surface area contributed by atoms with E-state index in [9.17, 15) is 9.59 Å². The summed E-state index contributed by atoms with van der Waals surface area (Å²) in [6, 6.07) is 0.